The molecule has 14 heteroatoms. The van der Waals surface area contributed by atoms with Crippen LogP contribution in [0.5, 0.6) is 0 Å². The molecule has 2 rings (SSSR count). The lowest BCUT2D eigenvalue weighted by Crippen LogP contribution is -2.68. The van der Waals surface area contributed by atoms with Crippen LogP contribution in [0.15, 0.2) is 0 Å². The van der Waals surface area contributed by atoms with Gasteiger partial charge in [-0.3, -0.25) is 9.59 Å². The quantitative estimate of drug-likeness (QED) is 0.0967. The number of carboxylic acid groups (broad SMARTS) is 1. The molecule has 0 aromatic carbocycles. The van der Waals surface area contributed by atoms with Gasteiger partial charge in [-0.15, -0.1) is 0 Å². The molecule has 10 atom stereocenters. The number of nitrogens with one attached hydrogen (secondary N) is 1. The van der Waals surface area contributed by atoms with Gasteiger partial charge in [-0.25, -0.2) is 0 Å². The third kappa shape index (κ3) is 9.33. The number of unbranched alkanes of at least 4 members (excludes halogenated alkanes) is 5. The number of hydrogen-bond acceptors (Lipinski definition) is 12. The summed E-state index contributed by atoms with van der Waals surface area (Å²) in [6, 6.07) is -1.23. The smallest absolute Gasteiger partial charge is 0.303 e. The van der Waals surface area contributed by atoms with Crippen LogP contribution in [0.4, 0.5) is 0 Å². The van der Waals surface area contributed by atoms with Gasteiger partial charge in [-0.05, 0) is 6.42 Å². The Balaban J connectivity index is 2.20. The highest BCUT2D eigenvalue weighted by molar-refractivity contribution is 5.80. The SMILES string of the molecule is CCCCCCCCO[C@@H]1O[C@H](CO)[C@@H](O)[C@H](O[C@@H]2O[C@H](CO)[C@H](O)[C@H](O)[C@H]2O)[C@H]1NC(=O)CCC(=O)O. The molecule has 0 spiro atoms. The van der Waals surface area contributed by atoms with E-state index in [9.17, 15) is 40.2 Å². The lowest BCUT2D eigenvalue weighted by molar-refractivity contribution is -0.344. The average molecular weight is 554 g/mol. The van der Waals surface area contributed by atoms with Crippen LogP contribution in [0.2, 0.25) is 0 Å². The van der Waals surface area contributed by atoms with Gasteiger partial charge in [0, 0.05) is 13.0 Å². The van der Waals surface area contributed by atoms with Crippen LogP contribution in [-0.2, 0) is 28.5 Å². The van der Waals surface area contributed by atoms with Gasteiger partial charge < -0.3 is 60.0 Å². The van der Waals surface area contributed by atoms with E-state index in [1.54, 1.807) is 0 Å². The minimum Gasteiger partial charge on any atom is -0.481 e. The van der Waals surface area contributed by atoms with Gasteiger partial charge in [0.2, 0.25) is 5.91 Å². The fourth-order valence-electron chi connectivity index (χ4n) is 4.42. The van der Waals surface area contributed by atoms with Gasteiger partial charge in [0.05, 0.1) is 19.6 Å². The van der Waals surface area contributed by atoms with Crippen LogP contribution < -0.4 is 5.32 Å². The van der Waals surface area contributed by atoms with Crippen molar-refractivity contribution in [1.29, 1.82) is 0 Å². The molecule has 1 amide bonds. The fraction of sp³-hybridized carbons (Fsp3) is 0.917. The second-order valence-corrected chi connectivity index (χ2v) is 9.64. The maximum atomic E-state index is 12.5. The number of carbonyl (C=O) groups is 2. The van der Waals surface area contributed by atoms with Crippen molar-refractivity contribution >= 4 is 11.9 Å². The Morgan fingerprint density at radius 1 is 0.789 bits per heavy atom. The van der Waals surface area contributed by atoms with E-state index in [1.165, 1.54) is 0 Å². The number of carboxylic acids is 1. The van der Waals surface area contributed by atoms with Gasteiger partial charge in [-0.1, -0.05) is 39.0 Å². The summed E-state index contributed by atoms with van der Waals surface area (Å²) in [6.07, 6.45) is -8.50. The van der Waals surface area contributed by atoms with E-state index in [4.69, 9.17) is 24.1 Å². The number of ether oxygens (including phenoxy) is 4. The summed E-state index contributed by atoms with van der Waals surface area (Å²) < 4.78 is 22.7. The van der Waals surface area contributed by atoms with Crippen LogP contribution >= 0.6 is 0 Å². The van der Waals surface area contributed by atoms with E-state index in [2.05, 4.69) is 12.2 Å². The zero-order valence-electron chi connectivity index (χ0n) is 21.6. The van der Waals surface area contributed by atoms with Crippen molar-refractivity contribution in [3.8, 4) is 0 Å². The molecule has 0 aromatic heterocycles. The highest BCUT2D eigenvalue weighted by Crippen LogP contribution is 2.30. The van der Waals surface area contributed by atoms with Crippen molar-refractivity contribution in [1.82, 2.24) is 5.32 Å². The maximum absolute atomic E-state index is 12.5. The third-order valence-corrected chi connectivity index (χ3v) is 6.67. The number of amides is 1. The van der Waals surface area contributed by atoms with Crippen molar-refractivity contribution in [2.24, 2.45) is 0 Å². The molecule has 2 aliphatic heterocycles. The predicted octanol–water partition coefficient (Wildman–Crippen LogP) is -2.02. The van der Waals surface area contributed by atoms with Crippen molar-refractivity contribution in [3.05, 3.63) is 0 Å². The summed E-state index contributed by atoms with van der Waals surface area (Å²) in [5, 5.41) is 72.2. The Kier molecular flexibility index (Phi) is 14.3. The summed E-state index contributed by atoms with van der Waals surface area (Å²) >= 11 is 0. The van der Waals surface area contributed by atoms with Crippen LogP contribution in [0.25, 0.3) is 0 Å². The summed E-state index contributed by atoms with van der Waals surface area (Å²) in [6.45, 7) is 0.981. The van der Waals surface area contributed by atoms with Gasteiger partial charge in [0.1, 0.15) is 48.8 Å². The number of carbonyl (C=O) groups excluding carboxylic acids is 1. The molecule has 2 fully saturated rings. The molecule has 2 heterocycles. The fourth-order valence-corrected chi connectivity index (χ4v) is 4.42. The topological polar surface area (TPSA) is 225 Å². The van der Waals surface area contributed by atoms with E-state index in [0.717, 1.165) is 32.1 Å². The maximum Gasteiger partial charge on any atom is 0.303 e. The number of hydrogen-bond donors (Lipinski definition) is 8. The number of aliphatic hydroxyl groups excluding tert-OH is 6. The lowest BCUT2D eigenvalue weighted by Gasteiger charge is -2.47. The summed E-state index contributed by atoms with van der Waals surface area (Å²) in [7, 11) is 0. The largest absolute Gasteiger partial charge is 0.481 e. The number of aliphatic carboxylic acids is 1. The monoisotopic (exact) mass is 553 g/mol. The molecule has 8 N–H and O–H groups in total. The first-order valence-corrected chi connectivity index (χ1v) is 13.2. The van der Waals surface area contributed by atoms with Crippen LogP contribution in [0.1, 0.15) is 58.3 Å². The van der Waals surface area contributed by atoms with E-state index < -0.39 is 92.9 Å². The molecule has 0 saturated carbocycles. The molecule has 2 aliphatic rings. The van der Waals surface area contributed by atoms with Gasteiger partial charge >= 0.3 is 5.97 Å². The summed E-state index contributed by atoms with van der Waals surface area (Å²) in [5.41, 5.74) is 0. The van der Waals surface area contributed by atoms with E-state index >= 15 is 0 Å². The summed E-state index contributed by atoms with van der Waals surface area (Å²) in [4.78, 5) is 23.4. The van der Waals surface area contributed by atoms with Gasteiger partial charge in [-0.2, -0.15) is 0 Å². The Morgan fingerprint density at radius 3 is 2.03 bits per heavy atom. The Morgan fingerprint density at radius 2 is 1.39 bits per heavy atom. The molecule has 0 bridgehead atoms. The van der Waals surface area contributed by atoms with Crippen molar-refractivity contribution < 1.29 is 64.3 Å². The molecule has 0 unspecified atom stereocenters. The molecular formula is C24H43NO13. The number of aliphatic hydroxyl groups is 6. The second kappa shape index (κ2) is 16.6. The van der Waals surface area contributed by atoms with E-state index in [0.29, 0.717) is 6.42 Å². The Hall–Kier alpha value is -1.46. The predicted molar refractivity (Wildman–Crippen MR) is 129 cm³/mol. The van der Waals surface area contributed by atoms with Crippen molar-refractivity contribution in [2.45, 2.75) is 120 Å². The zero-order chi connectivity index (χ0) is 28.2. The third-order valence-electron chi connectivity index (χ3n) is 6.67. The first-order valence-electron chi connectivity index (χ1n) is 13.2. The standard InChI is InChI=1S/C24H43NO13/c1-2-3-4-5-6-7-10-35-23-17(25-15(28)8-9-16(29)30)22(19(32)14(12-27)36-23)38-24-21(34)20(33)18(31)13(11-26)37-24/h13-14,17-24,26-27,31-34H,2-12H2,1H3,(H,25,28)(H,29,30)/t13-,14-,17-,18+,19-,20+,21-,22-,23-,24+/m1/s1. The van der Waals surface area contributed by atoms with Gasteiger partial charge in [0.25, 0.3) is 0 Å². The number of rotatable bonds is 16. The Bertz CT molecular complexity index is 711. The minimum atomic E-state index is -1.79. The molecule has 0 aliphatic carbocycles. The molecule has 14 nitrogen and oxygen atoms in total. The van der Waals surface area contributed by atoms with Crippen molar-refractivity contribution in [2.75, 3.05) is 19.8 Å². The van der Waals surface area contributed by atoms with E-state index in [1.807, 2.05) is 0 Å². The minimum absolute atomic E-state index is 0.222. The first-order chi connectivity index (χ1) is 18.1. The normalized spacial score (nSPS) is 35.7. The second-order valence-electron chi connectivity index (χ2n) is 9.64. The first kappa shape index (κ1) is 32.8. The molecular weight excluding hydrogens is 510 g/mol. The van der Waals surface area contributed by atoms with Crippen LogP contribution in [-0.4, -0.2) is 129 Å². The molecule has 2 saturated heterocycles. The summed E-state index contributed by atoms with van der Waals surface area (Å²) in [5.74, 6) is -1.89. The van der Waals surface area contributed by atoms with E-state index in [-0.39, 0.29) is 13.0 Å². The lowest BCUT2D eigenvalue weighted by atomic mass is 9.95. The van der Waals surface area contributed by atoms with Crippen LogP contribution in [0.3, 0.4) is 0 Å². The molecule has 222 valence electrons. The van der Waals surface area contributed by atoms with Crippen molar-refractivity contribution in [3.63, 3.8) is 0 Å². The molecule has 0 aromatic rings. The zero-order valence-corrected chi connectivity index (χ0v) is 21.6. The van der Waals surface area contributed by atoms with Gasteiger partial charge in [0.15, 0.2) is 12.6 Å². The Labute approximate surface area is 221 Å². The molecule has 0 radical (unpaired) electrons. The average Bonchev–Trinajstić information content (AvgIpc) is 2.89. The highest BCUT2D eigenvalue weighted by Gasteiger charge is 2.51. The molecule has 38 heavy (non-hydrogen) atoms. The highest BCUT2D eigenvalue weighted by atomic mass is 16.7. The van der Waals surface area contributed by atoms with Crippen LogP contribution in [0, 0.1) is 0 Å².